The first-order valence-corrected chi connectivity index (χ1v) is 4.83. The number of hydrogen-bond acceptors (Lipinski definition) is 3. The zero-order valence-electron chi connectivity index (χ0n) is 9.34. The number of ether oxygens (including phenoxy) is 1. The molecule has 0 saturated heterocycles. The maximum atomic E-state index is 13.1. The van der Waals surface area contributed by atoms with E-state index in [9.17, 15) is 18.0 Å². The zero-order chi connectivity index (χ0) is 13.2. The Hall–Kier alpha value is -1.56. The van der Waals surface area contributed by atoms with Crippen LogP contribution in [-0.4, -0.2) is 18.9 Å². The summed E-state index contributed by atoms with van der Waals surface area (Å²) in [4.78, 5) is 11.6. The molecule has 6 heteroatoms. The van der Waals surface area contributed by atoms with Gasteiger partial charge in [-0.25, -0.2) is 13.2 Å². The Morgan fingerprint density at radius 1 is 1.41 bits per heavy atom. The SMILES string of the molecule is COc1c(C(=O)C(C)N)cc(F)cc1C(F)F. The van der Waals surface area contributed by atoms with Gasteiger partial charge in [0.1, 0.15) is 11.6 Å². The minimum atomic E-state index is -2.93. The first-order chi connectivity index (χ1) is 7.88. The molecular weight excluding hydrogens is 235 g/mol. The molecule has 0 aliphatic rings. The Bertz CT molecular complexity index is 433. The highest BCUT2D eigenvalue weighted by Gasteiger charge is 2.24. The molecule has 17 heavy (non-hydrogen) atoms. The molecule has 0 radical (unpaired) electrons. The van der Waals surface area contributed by atoms with Crippen LogP contribution in [0.5, 0.6) is 5.75 Å². The third-order valence-corrected chi connectivity index (χ3v) is 2.20. The molecule has 0 spiro atoms. The van der Waals surface area contributed by atoms with Crippen LogP contribution in [-0.2, 0) is 0 Å². The standard InChI is InChI=1S/C11H12F3NO2/c1-5(15)9(16)7-3-6(12)4-8(11(13)14)10(7)17-2/h3-5,11H,15H2,1-2H3. The van der Waals surface area contributed by atoms with Gasteiger partial charge in [0.2, 0.25) is 0 Å². The smallest absolute Gasteiger partial charge is 0.267 e. The van der Waals surface area contributed by atoms with Gasteiger partial charge in [0.05, 0.1) is 24.3 Å². The van der Waals surface area contributed by atoms with Crippen molar-refractivity contribution in [2.24, 2.45) is 5.73 Å². The minimum absolute atomic E-state index is 0.266. The van der Waals surface area contributed by atoms with Crippen LogP contribution in [0, 0.1) is 5.82 Å². The van der Waals surface area contributed by atoms with Crippen LogP contribution in [0.2, 0.25) is 0 Å². The van der Waals surface area contributed by atoms with Crippen molar-refractivity contribution in [3.05, 3.63) is 29.1 Å². The van der Waals surface area contributed by atoms with Crippen molar-refractivity contribution in [1.29, 1.82) is 0 Å². The highest BCUT2D eigenvalue weighted by molar-refractivity contribution is 6.02. The Labute approximate surface area is 96.4 Å². The summed E-state index contributed by atoms with van der Waals surface area (Å²) in [5, 5.41) is 0. The lowest BCUT2D eigenvalue weighted by atomic mass is 10.0. The van der Waals surface area contributed by atoms with Crippen LogP contribution in [0.4, 0.5) is 13.2 Å². The number of halogens is 3. The molecule has 1 aromatic rings. The normalized spacial score (nSPS) is 12.6. The van der Waals surface area contributed by atoms with E-state index in [4.69, 9.17) is 10.5 Å². The van der Waals surface area contributed by atoms with Gasteiger partial charge in [-0.3, -0.25) is 4.79 Å². The second-order valence-electron chi connectivity index (χ2n) is 3.53. The number of Topliss-reactive ketones (excluding diaryl/α,β-unsaturated/α-hetero) is 1. The molecular formula is C11H12F3NO2. The second-order valence-corrected chi connectivity index (χ2v) is 3.53. The van der Waals surface area contributed by atoms with Gasteiger partial charge in [0.15, 0.2) is 5.78 Å². The number of rotatable bonds is 4. The predicted octanol–water partition coefficient (Wildman–Crippen LogP) is 2.30. The average Bonchev–Trinajstić information content (AvgIpc) is 2.26. The quantitative estimate of drug-likeness (QED) is 0.830. The summed E-state index contributed by atoms with van der Waals surface area (Å²) in [6.45, 7) is 1.38. The van der Waals surface area contributed by atoms with E-state index in [1.807, 2.05) is 0 Å². The van der Waals surface area contributed by atoms with E-state index >= 15 is 0 Å². The van der Waals surface area contributed by atoms with E-state index < -0.39 is 29.6 Å². The largest absolute Gasteiger partial charge is 0.495 e. The lowest BCUT2D eigenvalue weighted by Gasteiger charge is -2.14. The third-order valence-electron chi connectivity index (χ3n) is 2.20. The fourth-order valence-electron chi connectivity index (χ4n) is 1.43. The molecule has 2 N–H and O–H groups in total. The van der Waals surface area contributed by atoms with Crippen LogP contribution < -0.4 is 10.5 Å². The Morgan fingerprint density at radius 3 is 2.41 bits per heavy atom. The molecule has 0 bridgehead atoms. The van der Waals surface area contributed by atoms with E-state index in [1.54, 1.807) is 0 Å². The maximum Gasteiger partial charge on any atom is 0.267 e. The molecule has 1 aromatic carbocycles. The summed E-state index contributed by atoms with van der Waals surface area (Å²) in [5.41, 5.74) is 4.43. The van der Waals surface area contributed by atoms with Crippen molar-refractivity contribution in [3.63, 3.8) is 0 Å². The summed E-state index contributed by atoms with van der Waals surface area (Å²) in [6.07, 6.45) is -2.93. The zero-order valence-corrected chi connectivity index (χ0v) is 9.34. The van der Waals surface area contributed by atoms with Crippen LogP contribution >= 0.6 is 0 Å². The van der Waals surface area contributed by atoms with Gasteiger partial charge in [-0.2, -0.15) is 0 Å². The van der Waals surface area contributed by atoms with Crippen molar-refractivity contribution < 1.29 is 22.7 Å². The number of hydrogen-bond donors (Lipinski definition) is 1. The van der Waals surface area contributed by atoms with Crippen molar-refractivity contribution in [3.8, 4) is 5.75 Å². The molecule has 1 rings (SSSR count). The Balaban J connectivity index is 3.43. The number of benzene rings is 1. The highest BCUT2D eigenvalue weighted by atomic mass is 19.3. The minimum Gasteiger partial charge on any atom is -0.495 e. The first kappa shape index (κ1) is 13.5. The van der Waals surface area contributed by atoms with Gasteiger partial charge in [-0.05, 0) is 19.1 Å². The number of alkyl halides is 2. The molecule has 0 aliphatic heterocycles. The van der Waals surface area contributed by atoms with Gasteiger partial charge in [0, 0.05) is 0 Å². The van der Waals surface area contributed by atoms with E-state index in [-0.39, 0.29) is 11.3 Å². The lowest BCUT2D eigenvalue weighted by Crippen LogP contribution is -2.27. The lowest BCUT2D eigenvalue weighted by molar-refractivity contribution is 0.0963. The van der Waals surface area contributed by atoms with Gasteiger partial charge in [0.25, 0.3) is 6.43 Å². The van der Waals surface area contributed by atoms with Gasteiger partial charge in [-0.1, -0.05) is 0 Å². The van der Waals surface area contributed by atoms with Crippen LogP contribution in [0.25, 0.3) is 0 Å². The number of carbonyl (C=O) groups is 1. The molecule has 0 fully saturated rings. The van der Waals surface area contributed by atoms with Crippen molar-refractivity contribution in [2.45, 2.75) is 19.4 Å². The maximum absolute atomic E-state index is 13.1. The monoisotopic (exact) mass is 247 g/mol. The number of nitrogens with two attached hydrogens (primary N) is 1. The fourth-order valence-corrected chi connectivity index (χ4v) is 1.43. The molecule has 0 saturated carbocycles. The van der Waals surface area contributed by atoms with Crippen LogP contribution in [0.15, 0.2) is 12.1 Å². The number of ketones is 1. The first-order valence-electron chi connectivity index (χ1n) is 4.83. The third kappa shape index (κ3) is 2.76. The molecule has 3 nitrogen and oxygen atoms in total. The summed E-state index contributed by atoms with van der Waals surface area (Å²) in [6, 6.07) is 0.564. The van der Waals surface area contributed by atoms with E-state index in [1.165, 1.54) is 6.92 Å². The van der Waals surface area contributed by atoms with Crippen LogP contribution in [0.1, 0.15) is 29.3 Å². The van der Waals surface area contributed by atoms with Crippen molar-refractivity contribution in [1.82, 2.24) is 0 Å². The topological polar surface area (TPSA) is 52.3 Å². The summed E-state index contributed by atoms with van der Waals surface area (Å²) in [5.74, 6) is -1.91. The average molecular weight is 247 g/mol. The van der Waals surface area contributed by atoms with E-state index in [2.05, 4.69) is 0 Å². The number of methoxy groups -OCH3 is 1. The van der Waals surface area contributed by atoms with Gasteiger partial charge >= 0.3 is 0 Å². The summed E-state index contributed by atoms with van der Waals surface area (Å²) >= 11 is 0. The molecule has 0 amide bonds. The van der Waals surface area contributed by atoms with Crippen molar-refractivity contribution in [2.75, 3.05) is 7.11 Å². The van der Waals surface area contributed by atoms with E-state index in [0.717, 1.165) is 13.2 Å². The molecule has 0 aromatic heterocycles. The fraction of sp³-hybridized carbons (Fsp3) is 0.364. The highest BCUT2D eigenvalue weighted by Crippen LogP contribution is 2.33. The molecule has 0 aliphatic carbocycles. The van der Waals surface area contributed by atoms with Gasteiger partial charge in [-0.15, -0.1) is 0 Å². The molecule has 1 atom stereocenters. The predicted molar refractivity (Wildman–Crippen MR) is 55.9 cm³/mol. The Morgan fingerprint density at radius 2 is 2.00 bits per heavy atom. The summed E-state index contributed by atoms with van der Waals surface area (Å²) in [7, 11) is 1.14. The van der Waals surface area contributed by atoms with E-state index in [0.29, 0.717) is 6.07 Å². The summed E-state index contributed by atoms with van der Waals surface area (Å²) < 4.78 is 43.2. The van der Waals surface area contributed by atoms with Crippen LogP contribution in [0.3, 0.4) is 0 Å². The number of carbonyl (C=O) groups excluding carboxylic acids is 1. The molecule has 94 valence electrons. The van der Waals surface area contributed by atoms with Crippen molar-refractivity contribution >= 4 is 5.78 Å². The second kappa shape index (κ2) is 5.18. The van der Waals surface area contributed by atoms with Gasteiger partial charge < -0.3 is 10.5 Å². The molecule has 0 heterocycles. The molecule has 1 unspecified atom stereocenters. The Kier molecular flexibility index (Phi) is 4.11.